The summed E-state index contributed by atoms with van der Waals surface area (Å²) in [5.41, 5.74) is 0.811. The van der Waals surface area contributed by atoms with Gasteiger partial charge in [-0.1, -0.05) is 12.1 Å². The molecule has 2 aromatic rings. The van der Waals surface area contributed by atoms with Gasteiger partial charge in [-0.15, -0.1) is 0 Å². The highest BCUT2D eigenvalue weighted by atomic mass is 28.3. The molecule has 0 bridgehead atoms. The van der Waals surface area contributed by atoms with Crippen LogP contribution in [-0.2, 0) is 0 Å². The van der Waals surface area contributed by atoms with Crippen LogP contribution in [0.4, 0.5) is 5.69 Å². The number of aliphatic imine (C=N–C) groups is 1. The maximum absolute atomic E-state index is 5.82. The Morgan fingerprint density at radius 2 is 1.83 bits per heavy atom. The molecule has 0 aliphatic heterocycles. The summed E-state index contributed by atoms with van der Waals surface area (Å²) in [6.45, 7) is 4.25. The molecule has 0 radical (unpaired) electrons. The number of benzene rings is 1. The van der Waals surface area contributed by atoms with Crippen molar-refractivity contribution >= 4 is 20.9 Å². The Kier molecular flexibility index (Phi) is 4.19. The Bertz CT molecular complexity index is 529. The average Bonchev–Trinajstić information content (AvgIpc) is 2.38. The second-order valence-corrected chi connectivity index (χ2v) is 6.33. The first kappa shape index (κ1) is 12.4. The van der Waals surface area contributed by atoms with Crippen LogP contribution in [0.1, 0.15) is 5.82 Å². The standard InChI is InChI=1S/C13H15N3OSi/c1-18(2)17-12-7-4-3-6-11(12)16-10-13-14-8-5-9-15-13/h3-10,18H,1-2H3. The van der Waals surface area contributed by atoms with E-state index in [1.807, 2.05) is 24.3 Å². The van der Waals surface area contributed by atoms with E-state index in [0.29, 0.717) is 5.82 Å². The van der Waals surface area contributed by atoms with Crippen LogP contribution in [0.15, 0.2) is 47.7 Å². The van der Waals surface area contributed by atoms with E-state index in [4.69, 9.17) is 4.43 Å². The first-order valence-electron chi connectivity index (χ1n) is 5.82. The minimum absolute atomic E-state index is 0.592. The molecule has 0 saturated heterocycles. The Hall–Kier alpha value is -2.01. The van der Waals surface area contributed by atoms with Gasteiger partial charge in [-0.05, 0) is 31.3 Å². The fourth-order valence-corrected chi connectivity index (χ4v) is 2.13. The van der Waals surface area contributed by atoms with Crippen molar-refractivity contribution in [1.29, 1.82) is 0 Å². The topological polar surface area (TPSA) is 47.4 Å². The van der Waals surface area contributed by atoms with Crippen molar-refractivity contribution in [3.63, 3.8) is 0 Å². The molecule has 1 aromatic carbocycles. The molecule has 0 unspecified atom stereocenters. The number of hydrogen-bond acceptors (Lipinski definition) is 4. The minimum Gasteiger partial charge on any atom is -0.546 e. The van der Waals surface area contributed by atoms with Gasteiger partial charge in [0.25, 0.3) is 0 Å². The van der Waals surface area contributed by atoms with Gasteiger partial charge in [-0.2, -0.15) is 0 Å². The van der Waals surface area contributed by atoms with Crippen LogP contribution in [0.3, 0.4) is 0 Å². The smallest absolute Gasteiger partial charge is 0.229 e. The molecule has 2 rings (SSSR count). The molecule has 0 aliphatic rings. The molecule has 5 heteroatoms. The third-order valence-corrected chi connectivity index (χ3v) is 2.86. The van der Waals surface area contributed by atoms with Crippen LogP contribution in [0, 0.1) is 0 Å². The third kappa shape index (κ3) is 3.49. The molecular weight excluding hydrogens is 242 g/mol. The van der Waals surface area contributed by atoms with Gasteiger partial charge < -0.3 is 4.43 Å². The van der Waals surface area contributed by atoms with Gasteiger partial charge in [0.15, 0.2) is 5.82 Å². The van der Waals surface area contributed by atoms with Crippen molar-refractivity contribution < 1.29 is 4.43 Å². The highest BCUT2D eigenvalue weighted by Gasteiger charge is 2.03. The van der Waals surface area contributed by atoms with Crippen LogP contribution in [0.5, 0.6) is 5.75 Å². The number of rotatable bonds is 4. The van der Waals surface area contributed by atoms with Gasteiger partial charge in [-0.3, -0.25) is 0 Å². The second-order valence-electron chi connectivity index (χ2n) is 4.00. The third-order valence-electron chi connectivity index (χ3n) is 2.13. The number of hydrogen-bond donors (Lipinski definition) is 0. The molecule has 18 heavy (non-hydrogen) atoms. The molecule has 0 fully saturated rings. The molecular formula is C13H15N3OSi. The molecule has 4 nitrogen and oxygen atoms in total. The van der Waals surface area contributed by atoms with Gasteiger partial charge in [0.05, 0.1) is 6.21 Å². The first-order chi connectivity index (χ1) is 8.75. The van der Waals surface area contributed by atoms with E-state index in [0.717, 1.165) is 11.4 Å². The highest BCUT2D eigenvalue weighted by Crippen LogP contribution is 2.27. The van der Waals surface area contributed by atoms with Gasteiger partial charge in [-0.25, -0.2) is 15.0 Å². The van der Waals surface area contributed by atoms with Crippen LogP contribution in [0.2, 0.25) is 13.1 Å². The quantitative estimate of drug-likeness (QED) is 0.625. The van der Waals surface area contributed by atoms with Crippen molar-refractivity contribution in [2.75, 3.05) is 0 Å². The fourth-order valence-electron chi connectivity index (χ4n) is 1.42. The van der Waals surface area contributed by atoms with E-state index in [1.165, 1.54) is 0 Å². The number of aromatic nitrogens is 2. The van der Waals surface area contributed by atoms with Crippen molar-refractivity contribution in [3.8, 4) is 5.75 Å². The van der Waals surface area contributed by atoms with Crippen LogP contribution < -0.4 is 4.43 Å². The monoisotopic (exact) mass is 257 g/mol. The zero-order valence-corrected chi connectivity index (χ0v) is 11.6. The van der Waals surface area contributed by atoms with E-state index >= 15 is 0 Å². The molecule has 0 amide bonds. The lowest BCUT2D eigenvalue weighted by Gasteiger charge is -2.10. The summed E-state index contributed by atoms with van der Waals surface area (Å²) in [4.78, 5) is 12.6. The Balaban J connectivity index is 2.21. The number of nitrogens with zero attached hydrogens (tertiary/aromatic N) is 3. The van der Waals surface area contributed by atoms with Gasteiger partial charge in [0.2, 0.25) is 9.04 Å². The molecule has 0 atom stereocenters. The highest BCUT2D eigenvalue weighted by molar-refractivity contribution is 6.49. The van der Waals surface area contributed by atoms with E-state index < -0.39 is 9.04 Å². The lowest BCUT2D eigenvalue weighted by atomic mass is 10.3. The molecule has 92 valence electrons. The van der Waals surface area contributed by atoms with E-state index in [2.05, 4.69) is 28.1 Å². The van der Waals surface area contributed by atoms with Gasteiger partial charge in [0, 0.05) is 12.4 Å². The van der Waals surface area contributed by atoms with E-state index in [1.54, 1.807) is 24.7 Å². The predicted octanol–water partition coefficient (Wildman–Crippen LogP) is 2.59. The normalized spacial score (nSPS) is 11.1. The summed E-state index contributed by atoms with van der Waals surface area (Å²) < 4.78 is 5.82. The van der Waals surface area contributed by atoms with Crippen LogP contribution >= 0.6 is 0 Å². The van der Waals surface area contributed by atoms with E-state index in [9.17, 15) is 0 Å². The van der Waals surface area contributed by atoms with E-state index in [-0.39, 0.29) is 0 Å². The zero-order valence-electron chi connectivity index (χ0n) is 10.4. The zero-order chi connectivity index (χ0) is 12.8. The Morgan fingerprint density at radius 1 is 1.11 bits per heavy atom. The molecule has 0 saturated carbocycles. The van der Waals surface area contributed by atoms with Gasteiger partial charge >= 0.3 is 0 Å². The first-order valence-corrected chi connectivity index (χ1v) is 8.60. The molecule has 0 aliphatic carbocycles. The summed E-state index contributed by atoms with van der Waals surface area (Å²) in [6, 6.07) is 9.52. The lowest BCUT2D eigenvalue weighted by Crippen LogP contribution is -2.11. The van der Waals surface area contributed by atoms with Crippen LogP contribution in [-0.4, -0.2) is 25.2 Å². The summed E-state index contributed by atoms with van der Waals surface area (Å²) >= 11 is 0. The van der Waals surface area contributed by atoms with Crippen molar-refractivity contribution in [1.82, 2.24) is 9.97 Å². The van der Waals surface area contributed by atoms with Crippen molar-refractivity contribution in [2.24, 2.45) is 4.99 Å². The Labute approximate surface area is 108 Å². The SMILES string of the molecule is C[SiH](C)Oc1ccccc1N=Cc1ncccn1. The number of para-hydroxylation sites is 2. The summed E-state index contributed by atoms with van der Waals surface area (Å²) in [5.74, 6) is 1.42. The van der Waals surface area contributed by atoms with Gasteiger partial charge in [0.1, 0.15) is 11.4 Å². The molecule has 1 aromatic heterocycles. The molecule has 0 spiro atoms. The second kappa shape index (κ2) is 6.06. The van der Waals surface area contributed by atoms with Crippen molar-refractivity contribution in [3.05, 3.63) is 48.5 Å². The van der Waals surface area contributed by atoms with Crippen LogP contribution in [0.25, 0.3) is 0 Å². The maximum atomic E-state index is 5.82. The predicted molar refractivity (Wildman–Crippen MR) is 75.2 cm³/mol. The maximum Gasteiger partial charge on any atom is 0.229 e. The Morgan fingerprint density at radius 3 is 2.56 bits per heavy atom. The largest absolute Gasteiger partial charge is 0.546 e. The average molecular weight is 257 g/mol. The lowest BCUT2D eigenvalue weighted by molar-refractivity contribution is 0.582. The van der Waals surface area contributed by atoms with Crippen molar-refractivity contribution in [2.45, 2.75) is 13.1 Å². The summed E-state index contributed by atoms with van der Waals surface area (Å²) in [6.07, 6.45) is 5.03. The summed E-state index contributed by atoms with van der Waals surface area (Å²) in [5, 5.41) is 0. The minimum atomic E-state index is -1.13. The fraction of sp³-hybridized carbons (Fsp3) is 0.154. The molecule has 1 heterocycles. The summed E-state index contributed by atoms with van der Waals surface area (Å²) in [7, 11) is -1.13. The molecule has 0 N–H and O–H groups in total.